The quantitative estimate of drug-likeness (QED) is 0.491. The lowest BCUT2D eigenvalue weighted by molar-refractivity contribution is -0.127. The number of carbonyl (C=O) groups excluding carboxylic acids is 3. The minimum atomic E-state index is -0.558. The molecule has 1 saturated heterocycles. The Labute approximate surface area is 194 Å². The molecule has 4 rings (SSSR count). The fraction of sp³-hybridized carbons (Fsp3) is 0.160. The summed E-state index contributed by atoms with van der Waals surface area (Å²) in [5.41, 5.74) is 4.26. The lowest BCUT2D eigenvalue weighted by Crippen LogP contribution is -2.36. The molecule has 1 fully saturated rings. The van der Waals surface area contributed by atoms with Crippen molar-refractivity contribution in [2.24, 2.45) is 0 Å². The summed E-state index contributed by atoms with van der Waals surface area (Å²) in [6, 6.07) is 13.1. The standard InChI is InChI=1S/C25H21FN2O4S/c1-14-10-15(2)23(16(3)11-14)27-22(29)13-28-24(30)21(33-25(28)31)12-19-8-9-20(32-19)17-4-6-18(26)7-5-17/h4-12H,13H2,1-3H3,(H,27,29)/b21-12-. The highest BCUT2D eigenvalue weighted by Crippen LogP contribution is 2.33. The number of hydrogen-bond acceptors (Lipinski definition) is 5. The van der Waals surface area contributed by atoms with E-state index in [2.05, 4.69) is 5.32 Å². The van der Waals surface area contributed by atoms with Crippen LogP contribution in [0.25, 0.3) is 17.4 Å². The Balaban J connectivity index is 1.46. The van der Waals surface area contributed by atoms with Gasteiger partial charge < -0.3 is 9.73 Å². The van der Waals surface area contributed by atoms with E-state index in [1.807, 2.05) is 32.9 Å². The fourth-order valence-electron chi connectivity index (χ4n) is 3.66. The van der Waals surface area contributed by atoms with E-state index in [0.29, 0.717) is 22.8 Å². The number of rotatable bonds is 5. The Kier molecular flexibility index (Phi) is 6.20. The third-order valence-electron chi connectivity index (χ3n) is 5.15. The van der Waals surface area contributed by atoms with E-state index < -0.39 is 17.1 Å². The predicted octanol–water partition coefficient (Wildman–Crippen LogP) is 5.69. The molecule has 6 nitrogen and oxygen atoms in total. The van der Waals surface area contributed by atoms with Crippen LogP contribution in [0.4, 0.5) is 14.9 Å². The summed E-state index contributed by atoms with van der Waals surface area (Å²) in [4.78, 5) is 38.8. The van der Waals surface area contributed by atoms with Crippen LogP contribution in [-0.4, -0.2) is 28.5 Å². The number of imide groups is 1. The zero-order valence-electron chi connectivity index (χ0n) is 18.3. The summed E-state index contributed by atoms with van der Waals surface area (Å²) in [6.07, 6.45) is 1.46. The first kappa shape index (κ1) is 22.5. The highest BCUT2D eigenvalue weighted by Gasteiger charge is 2.36. The molecule has 2 heterocycles. The van der Waals surface area contributed by atoms with Gasteiger partial charge in [0.15, 0.2) is 0 Å². The number of furan rings is 1. The van der Waals surface area contributed by atoms with Gasteiger partial charge in [0.1, 0.15) is 23.9 Å². The van der Waals surface area contributed by atoms with Gasteiger partial charge in [-0.05, 0) is 80.1 Å². The van der Waals surface area contributed by atoms with Gasteiger partial charge in [-0.25, -0.2) is 4.39 Å². The fourth-order valence-corrected chi connectivity index (χ4v) is 4.48. The Morgan fingerprint density at radius 3 is 2.39 bits per heavy atom. The van der Waals surface area contributed by atoms with Crippen LogP contribution < -0.4 is 5.32 Å². The molecule has 0 unspecified atom stereocenters. The van der Waals surface area contributed by atoms with Gasteiger partial charge in [-0.3, -0.25) is 19.3 Å². The third-order valence-corrected chi connectivity index (χ3v) is 6.05. The minimum Gasteiger partial charge on any atom is -0.457 e. The molecule has 33 heavy (non-hydrogen) atoms. The van der Waals surface area contributed by atoms with E-state index >= 15 is 0 Å². The van der Waals surface area contributed by atoms with E-state index in [-0.39, 0.29) is 17.3 Å². The lowest BCUT2D eigenvalue weighted by Gasteiger charge is -2.15. The van der Waals surface area contributed by atoms with Crippen LogP contribution in [0.1, 0.15) is 22.5 Å². The van der Waals surface area contributed by atoms with Crippen LogP contribution in [0.5, 0.6) is 0 Å². The number of benzene rings is 2. The number of amides is 3. The Morgan fingerprint density at radius 2 is 1.73 bits per heavy atom. The van der Waals surface area contributed by atoms with Gasteiger partial charge in [0.2, 0.25) is 5.91 Å². The molecule has 0 aliphatic carbocycles. The average molecular weight is 465 g/mol. The number of hydrogen-bond donors (Lipinski definition) is 1. The monoisotopic (exact) mass is 464 g/mol. The number of thioether (sulfide) groups is 1. The van der Waals surface area contributed by atoms with Crippen molar-refractivity contribution in [1.29, 1.82) is 0 Å². The minimum absolute atomic E-state index is 0.163. The molecular formula is C25H21FN2O4S. The molecule has 3 aromatic rings. The van der Waals surface area contributed by atoms with E-state index in [1.165, 1.54) is 18.2 Å². The highest BCUT2D eigenvalue weighted by atomic mass is 32.2. The second kappa shape index (κ2) is 9.07. The number of aryl methyl sites for hydroxylation is 3. The van der Waals surface area contributed by atoms with Gasteiger partial charge in [-0.1, -0.05) is 17.7 Å². The van der Waals surface area contributed by atoms with E-state index in [9.17, 15) is 18.8 Å². The zero-order chi connectivity index (χ0) is 23.7. The van der Waals surface area contributed by atoms with Crippen molar-refractivity contribution in [3.63, 3.8) is 0 Å². The van der Waals surface area contributed by atoms with E-state index in [1.54, 1.807) is 24.3 Å². The topological polar surface area (TPSA) is 79.6 Å². The number of nitrogens with one attached hydrogen (secondary N) is 1. The highest BCUT2D eigenvalue weighted by molar-refractivity contribution is 8.18. The second-order valence-corrected chi connectivity index (χ2v) is 8.79. The second-order valence-electron chi connectivity index (χ2n) is 7.80. The maximum atomic E-state index is 13.1. The van der Waals surface area contributed by atoms with Crippen molar-refractivity contribution in [2.45, 2.75) is 20.8 Å². The summed E-state index contributed by atoms with van der Waals surface area (Å²) < 4.78 is 18.8. The van der Waals surface area contributed by atoms with Crippen molar-refractivity contribution in [3.05, 3.63) is 81.7 Å². The SMILES string of the molecule is Cc1cc(C)c(NC(=O)CN2C(=O)S/C(=C\c3ccc(-c4ccc(F)cc4)o3)C2=O)c(C)c1. The Hall–Kier alpha value is -3.65. The molecule has 1 N–H and O–H groups in total. The van der Waals surface area contributed by atoms with Crippen LogP contribution in [0.2, 0.25) is 0 Å². The lowest BCUT2D eigenvalue weighted by atomic mass is 10.1. The van der Waals surface area contributed by atoms with Gasteiger partial charge in [-0.15, -0.1) is 0 Å². The molecule has 0 radical (unpaired) electrons. The summed E-state index contributed by atoms with van der Waals surface area (Å²) in [5, 5.41) is 2.28. The first-order chi connectivity index (χ1) is 15.7. The van der Waals surface area contributed by atoms with Crippen LogP contribution in [0, 0.1) is 26.6 Å². The average Bonchev–Trinajstić information content (AvgIpc) is 3.32. The van der Waals surface area contributed by atoms with Crippen molar-refractivity contribution in [2.75, 3.05) is 11.9 Å². The van der Waals surface area contributed by atoms with Gasteiger partial charge in [0.25, 0.3) is 11.1 Å². The first-order valence-electron chi connectivity index (χ1n) is 10.2. The molecule has 0 atom stereocenters. The molecular weight excluding hydrogens is 443 g/mol. The number of halogens is 1. The molecule has 1 aliphatic rings. The molecule has 168 valence electrons. The van der Waals surface area contributed by atoms with Crippen molar-refractivity contribution in [1.82, 2.24) is 4.90 Å². The van der Waals surface area contributed by atoms with Crippen LogP contribution in [0.15, 0.2) is 57.9 Å². The molecule has 0 saturated carbocycles. The van der Waals surface area contributed by atoms with Crippen LogP contribution >= 0.6 is 11.8 Å². The first-order valence-corrected chi connectivity index (χ1v) is 11.0. The number of anilines is 1. The predicted molar refractivity (Wildman–Crippen MR) is 126 cm³/mol. The maximum absolute atomic E-state index is 13.1. The van der Waals surface area contributed by atoms with Crippen molar-refractivity contribution >= 4 is 40.6 Å². The maximum Gasteiger partial charge on any atom is 0.294 e. The molecule has 1 aliphatic heterocycles. The Morgan fingerprint density at radius 1 is 1.06 bits per heavy atom. The molecule has 2 aromatic carbocycles. The van der Waals surface area contributed by atoms with E-state index in [4.69, 9.17) is 4.42 Å². The van der Waals surface area contributed by atoms with Gasteiger partial charge in [0.05, 0.1) is 4.91 Å². The van der Waals surface area contributed by atoms with Gasteiger partial charge in [-0.2, -0.15) is 0 Å². The van der Waals surface area contributed by atoms with Gasteiger partial charge >= 0.3 is 0 Å². The number of nitrogens with zero attached hydrogens (tertiary/aromatic N) is 1. The largest absolute Gasteiger partial charge is 0.457 e. The van der Waals surface area contributed by atoms with Crippen LogP contribution in [0.3, 0.4) is 0 Å². The van der Waals surface area contributed by atoms with Crippen LogP contribution in [-0.2, 0) is 9.59 Å². The molecule has 1 aromatic heterocycles. The summed E-state index contributed by atoms with van der Waals surface area (Å²) >= 11 is 0.749. The Bertz CT molecular complexity index is 1270. The zero-order valence-corrected chi connectivity index (χ0v) is 19.1. The van der Waals surface area contributed by atoms with E-state index in [0.717, 1.165) is 33.4 Å². The molecule has 3 amide bonds. The van der Waals surface area contributed by atoms with Crippen molar-refractivity contribution in [3.8, 4) is 11.3 Å². The summed E-state index contributed by atoms with van der Waals surface area (Å²) in [6.45, 7) is 5.37. The molecule has 0 bridgehead atoms. The summed E-state index contributed by atoms with van der Waals surface area (Å²) in [5.74, 6) is -0.489. The molecule has 8 heteroatoms. The third kappa shape index (κ3) is 4.90. The number of carbonyl (C=O) groups is 3. The molecule has 0 spiro atoms. The normalized spacial score (nSPS) is 14.9. The van der Waals surface area contributed by atoms with Crippen molar-refractivity contribution < 1.29 is 23.2 Å². The summed E-state index contributed by atoms with van der Waals surface area (Å²) in [7, 11) is 0. The smallest absolute Gasteiger partial charge is 0.294 e. The van der Waals surface area contributed by atoms with Gasteiger partial charge in [0, 0.05) is 17.3 Å².